The zero-order valence-electron chi connectivity index (χ0n) is 6.04. The van der Waals surface area contributed by atoms with E-state index in [1.165, 1.54) is 0 Å². The molecule has 0 aromatic rings. The molecule has 58 valence electrons. The van der Waals surface area contributed by atoms with Gasteiger partial charge in [-0.3, -0.25) is 0 Å². The molecule has 2 nitrogen and oxygen atoms in total. The zero-order valence-corrected chi connectivity index (χ0v) is 8.49. The third kappa shape index (κ3) is 1340. The van der Waals surface area contributed by atoms with E-state index in [9.17, 15) is 0 Å². The van der Waals surface area contributed by atoms with Crippen molar-refractivity contribution in [3.63, 3.8) is 0 Å². The molecule has 0 amide bonds. The molecule has 9 heavy (non-hydrogen) atoms. The van der Waals surface area contributed by atoms with Crippen molar-refractivity contribution >= 4 is 35.1 Å². The minimum Gasteiger partial charge on any atom is -0.169 e. The molecule has 0 fully saturated rings. The molecule has 0 aliphatic carbocycles. The SMILES string of the molecule is CSC.CSC.O=S=O. The second kappa shape index (κ2) is 38.9. The second-order valence-corrected chi connectivity index (χ2v) is 2.65. The highest BCUT2D eigenvalue weighted by atomic mass is 32.2. The summed E-state index contributed by atoms with van der Waals surface area (Å²) in [5.41, 5.74) is 0. The summed E-state index contributed by atoms with van der Waals surface area (Å²) in [6.45, 7) is 0. The van der Waals surface area contributed by atoms with Gasteiger partial charge in [0.2, 0.25) is 0 Å². The molecular formula is C4H12O2S3. The molecule has 0 aliphatic rings. The van der Waals surface area contributed by atoms with Crippen LogP contribution < -0.4 is 0 Å². The lowest BCUT2D eigenvalue weighted by Gasteiger charge is -1.51. The Labute approximate surface area is 68.8 Å². The standard InChI is InChI=1S/2C2H6S.O2S/c3*1-3-2/h2*1-2H3;. The Morgan fingerprint density at radius 1 is 0.778 bits per heavy atom. The van der Waals surface area contributed by atoms with Gasteiger partial charge in [-0.15, -0.1) is 0 Å². The van der Waals surface area contributed by atoms with Gasteiger partial charge in [-0.1, -0.05) is 0 Å². The monoisotopic (exact) mass is 188 g/mol. The van der Waals surface area contributed by atoms with Crippen LogP contribution in [0.3, 0.4) is 0 Å². The number of hydrogen-bond donors (Lipinski definition) is 0. The van der Waals surface area contributed by atoms with Crippen molar-refractivity contribution in [2.75, 3.05) is 25.0 Å². The summed E-state index contributed by atoms with van der Waals surface area (Å²) in [4.78, 5) is 0. The Hall–Kier alpha value is 0.520. The molecule has 0 saturated carbocycles. The van der Waals surface area contributed by atoms with Crippen LogP contribution in [0.25, 0.3) is 0 Å². The highest BCUT2D eigenvalue weighted by Gasteiger charge is 1.33. The Morgan fingerprint density at radius 3 is 0.778 bits per heavy atom. The Kier molecular flexibility index (Phi) is 70.2. The van der Waals surface area contributed by atoms with Crippen LogP contribution in [0.5, 0.6) is 0 Å². The minimum absolute atomic E-state index is 0.750. The van der Waals surface area contributed by atoms with E-state index in [0.29, 0.717) is 0 Å². The van der Waals surface area contributed by atoms with Gasteiger partial charge < -0.3 is 0 Å². The first-order valence-corrected chi connectivity index (χ1v) is 5.90. The fraction of sp³-hybridized carbons (Fsp3) is 1.00. The molecule has 0 aromatic carbocycles. The largest absolute Gasteiger partial charge is 0.335 e. The second-order valence-electron chi connectivity index (χ2n) is 0.885. The molecule has 0 unspecified atom stereocenters. The highest BCUT2D eigenvalue weighted by Crippen LogP contribution is 1.70. The molecule has 0 saturated heterocycles. The van der Waals surface area contributed by atoms with Crippen LogP contribution in [0.1, 0.15) is 0 Å². The summed E-state index contributed by atoms with van der Waals surface area (Å²) in [5.74, 6) is 0. The smallest absolute Gasteiger partial charge is 0.169 e. The maximum Gasteiger partial charge on any atom is 0.335 e. The lowest BCUT2D eigenvalue weighted by atomic mass is 11.9. The number of thioether (sulfide) groups is 2. The van der Waals surface area contributed by atoms with Crippen LogP contribution in [-0.2, 0) is 11.6 Å². The topological polar surface area (TPSA) is 34.1 Å². The first kappa shape index (κ1) is 16.3. The van der Waals surface area contributed by atoms with Gasteiger partial charge in [0.05, 0.1) is 0 Å². The summed E-state index contributed by atoms with van der Waals surface area (Å²) in [6, 6.07) is 0. The first-order chi connectivity index (χ1) is 4.24. The molecule has 0 atom stereocenters. The number of hydrogen-bond acceptors (Lipinski definition) is 4. The van der Waals surface area contributed by atoms with E-state index >= 15 is 0 Å². The average Bonchev–Trinajstić information content (AvgIpc) is 1.70. The molecule has 0 aliphatic heterocycles. The van der Waals surface area contributed by atoms with Crippen LogP contribution in [0.15, 0.2) is 0 Å². The molecule has 0 bridgehead atoms. The quantitative estimate of drug-likeness (QED) is 0.573. The van der Waals surface area contributed by atoms with E-state index in [1.807, 2.05) is 25.0 Å². The maximum atomic E-state index is 8.29. The summed E-state index contributed by atoms with van der Waals surface area (Å²) < 4.78 is 16.6. The minimum atomic E-state index is -0.750. The third-order valence-corrected chi connectivity index (χ3v) is 0. The van der Waals surface area contributed by atoms with Crippen molar-refractivity contribution in [3.8, 4) is 0 Å². The van der Waals surface area contributed by atoms with Crippen molar-refractivity contribution in [1.82, 2.24) is 0 Å². The summed E-state index contributed by atoms with van der Waals surface area (Å²) in [7, 11) is 0. The third-order valence-electron chi connectivity index (χ3n) is 0. The molecule has 5 heteroatoms. The molecule has 0 spiro atoms. The molecule has 0 radical (unpaired) electrons. The van der Waals surface area contributed by atoms with Gasteiger partial charge >= 0.3 is 11.6 Å². The highest BCUT2D eigenvalue weighted by molar-refractivity contribution is 7.98. The molecule has 0 aromatic heterocycles. The van der Waals surface area contributed by atoms with Crippen molar-refractivity contribution in [2.24, 2.45) is 0 Å². The van der Waals surface area contributed by atoms with E-state index in [2.05, 4.69) is 0 Å². The van der Waals surface area contributed by atoms with E-state index < -0.39 is 11.6 Å². The van der Waals surface area contributed by atoms with Crippen LogP contribution >= 0.6 is 23.5 Å². The lowest BCUT2D eigenvalue weighted by molar-refractivity contribution is 0.630. The van der Waals surface area contributed by atoms with Gasteiger partial charge in [0, 0.05) is 0 Å². The normalized spacial score (nSPS) is 5.33. The lowest BCUT2D eigenvalue weighted by Crippen LogP contribution is -1.25. The van der Waals surface area contributed by atoms with E-state index in [4.69, 9.17) is 8.42 Å². The van der Waals surface area contributed by atoms with Crippen molar-refractivity contribution < 1.29 is 8.42 Å². The van der Waals surface area contributed by atoms with Gasteiger partial charge in [-0.05, 0) is 25.0 Å². The van der Waals surface area contributed by atoms with Gasteiger partial charge in [-0.2, -0.15) is 31.9 Å². The maximum absolute atomic E-state index is 8.29. The van der Waals surface area contributed by atoms with Gasteiger partial charge in [0.25, 0.3) is 0 Å². The van der Waals surface area contributed by atoms with Crippen LogP contribution in [0.4, 0.5) is 0 Å². The summed E-state index contributed by atoms with van der Waals surface area (Å²) in [5, 5.41) is 0. The fourth-order valence-electron chi connectivity index (χ4n) is 0. The predicted molar refractivity (Wildman–Crippen MR) is 47.8 cm³/mol. The van der Waals surface area contributed by atoms with E-state index in [-0.39, 0.29) is 0 Å². The average molecular weight is 188 g/mol. The first-order valence-electron chi connectivity index (χ1n) is 1.97. The Balaban J connectivity index is -0.0000000600. The molecule has 0 heterocycles. The van der Waals surface area contributed by atoms with E-state index in [0.717, 1.165) is 0 Å². The van der Waals surface area contributed by atoms with Crippen molar-refractivity contribution in [3.05, 3.63) is 0 Å². The molecular weight excluding hydrogens is 176 g/mol. The predicted octanol–water partition coefficient (Wildman–Crippen LogP) is 1.29. The van der Waals surface area contributed by atoms with E-state index in [1.54, 1.807) is 23.5 Å². The van der Waals surface area contributed by atoms with Gasteiger partial charge in [0.1, 0.15) is 0 Å². The van der Waals surface area contributed by atoms with Crippen LogP contribution in [0, 0.1) is 0 Å². The van der Waals surface area contributed by atoms with Gasteiger partial charge in [0.15, 0.2) is 0 Å². The van der Waals surface area contributed by atoms with Crippen LogP contribution in [0.2, 0.25) is 0 Å². The summed E-state index contributed by atoms with van der Waals surface area (Å²) in [6.07, 6.45) is 8.17. The van der Waals surface area contributed by atoms with Crippen molar-refractivity contribution in [1.29, 1.82) is 0 Å². The number of rotatable bonds is 0. The molecule has 0 N–H and O–H groups in total. The summed E-state index contributed by atoms with van der Waals surface area (Å²) >= 11 is 2.75. The van der Waals surface area contributed by atoms with Gasteiger partial charge in [-0.25, -0.2) is 0 Å². The Morgan fingerprint density at radius 2 is 0.778 bits per heavy atom. The van der Waals surface area contributed by atoms with Crippen LogP contribution in [-0.4, -0.2) is 33.4 Å². The zero-order chi connectivity index (χ0) is 8.12. The van der Waals surface area contributed by atoms with Crippen molar-refractivity contribution in [2.45, 2.75) is 0 Å². The Bertz CT molecular complexity index is 49.8. The fourth-order valence-corrected chi connectivity index (χ4v) is 0. The molecule has 0 rings (SSSR count).